The normalized spacial score (nSPS) is 19.0. The number of aliphatic hydroxyl groups is 3. The molecule has 8 nitrogen and oxygen atoms in total. The lowest BCUT2D eigenvalue weighted by Crippen LogP contribution is -2.33. The highest BCUT2D eigenvalue weighted by Crippen LogP contribution is 2.31. The number of phenolic OH excluding ortho intramolecular Hbond substituents is 1. The van der Waals surface area contributed by atoms with Crippen LogP contribution in [0.1, 0.15) is 0 Å². The second-order valence-corrected chi connectivity index (χ2v) is 4.92. The molecule has 8 heteroatoms. The number of aromatic hydroxyl groups is 1. The molecule has 23 heavy (non-hydrogen) atoms. The first-order valence-electron chi connectivity index (χ1n) is 6.69. The Labute approximate surface area is 129 Å². The Morgan fingerprint density at radius 2 is 2.04 bits per heavy atom. The third-order valence-corrected chi connectivity index (χ3v) is 3.41. The van der Waals surface area contributed by atoms with E-state index in [0.717, 1.165) is 0 Å². The van der Waals surface area contributed by atoms with E-state index in [1.54, 1.807) is 12.1 Å². The van der Waals surface area contributed by atoms with Gasteiger partial charge in [0.15, 0.2) is 11.9 Å². The molecule has 0 spiro atoms. The van der Waals surface area contributed by atoms with E-state index in [4.69, 9.17) is 4.74 Å². The minimum atomic E-state index is -1.39. The molecule has 0 bridgehead atoms. The molecular formula is C15H13NO7. The van der Waals surface area contributed by atoms with Crippen LogP contribution in [-0.2, 0) is 9.53 Å². The summed E-state index contributed by atoms with van der Waals surface area (Å²) < 4.78 is 10.1. The Balaban J connectivity index is 1.77. The second-order valence-electron chi connectivity index (χ2n) is 4.92. The smallest absolute Gasteiger partial charge is 0.377 e. The minimum absolute atomic E-state index is 0.0104. The summed E-state index contributed by atoms with van der Waals surface area (Å²) in [4.78, 5) is 15.1. The fourth-order valence-electron chi connectivity index (χ4n) is 2.25. The molecular weight excluding hydrogens is 306 g/mol. The predicted molar refractivity (Wildman–Crippen MR) is 77.1 cm³/mol. The number of rotatable bonds is 4. The van der Waals surface area contributed by atoms with Gasteiger partial charge in [-0.3, -0.25) is 4.98 Å². The summed E-state index contributed by atoms with van der Waals surface area (Å²) in [6.07, 6.45) is -1.25. The van der Waals surface area contributed by atoms with Crippen molar-refractivity contribution in [1.82, 2.24) is 4.98 Å². The van der Waals surface area contributed by atoms with Crippen LogP contribution in [0.2, 0.25) is 0 Å². The Kier molecular flexibility index (Phi) is 3.67. The maximum Gasteiger partial charge on any atom is 0.377 e. The largest absolute Gasteiger partial charge is 0.506 e. The number of fused-ring (bicyclic) bond motifs is 1. The van der Waals surface area contributed by atoms with Crippen LogP contribution in [0.5, 0.6) is 11.5 Å². The SMILES string of the molecule is O=C1O[C@H](C(O)COc2ccc(O)c3ncccc23)C(O)=C1O. The van der Waals surface area contributed by atoms with Crippen LogP contribution in [0.25, 0.3) is 10.9 Å². The average Bonchev–Trinajstić information content (AvgIpc) is 2.82. The number of aliphatic hydroxyl groups excluding tert-OH is 3. The quantitative estimate of drug-likeness (QED) is 0.613. The number of ether oxygens (including phenoxy) is 2. The number of hydrogen-bond donors (Lipinski definition) is 4. The number of pyridine rings is 1. The van der Waals surface area contributed by atoms with Crippen LogP contribution in [0.15, 0.2) is 42.0 Å². The number of phenols is 1. The lowest BCUT2D eigenvalue weighted by atomic mass is 10.1. The Morgan fingerprint density at radius 1 is 1.26 bits per heavy atom. The van der Waals surface area contributed by atoms with Crippen LogP contribution in [0, 0.1) is 0 Å². The van der Waals surface area contributed by atoms with Gasteiger partial charge in [0.2, 0.25) is 5.76 Å². The van der Waals surface area contributed by atoms with E-state index in [9.17, 15) is 25.2 Å². The summed E-state index contributed by atoms with van der Waals surface area (Å²) in [6, 6.07) is 6.24. The Bertz CT molecular complexity index is 802. The molecule has 4 N–H and O–H groups in total. The maximum absolute atomic E-state index is 11.1. The van der Waals surface area contributed by atoms with Crippen LogP contribution in [0.4, 0.5) is 0 Å². The summed E-state index contributed by atoms with van der Waals surface area (Å²) in [6.45, 7) is -0.315. The van der Waals surface area contributed by atoms with E-state index in [2.05, 4.69) is 9.72 Å². The van der Waals surface area contributed by atoms with Gasteiger partial charge in [-0.2, -0.15) is 0 Å². The van der Waals surface area contributed by atoms with Gasteiger partial charge in [0, 0.05) is 11.6 Å². The topological polar surface area (TPSA) is 129 Å². The van der Waals surface area contributed by atoms with Crippen LogP contribution in [0.3, 0.4) is 0 Å². The molecule has 0 saturated carbocycles. The molecule has 1 aliphatic rings. The van der Waals surface area contributed by atoms with E-state index in [1.165, 1.54) is 18.3 Å². The molecule has 0 fully saturated rings. The van der Waals surface area contributed by atoms with Gasteiger partial charge in [-0.05, 0) is 24.3 Å². The molecule has 1 unspecified atom stereocenters. The highest BCUT2D eigenvalue weighted by Gasteiger charge is 2.39. The fraction of sp³-hybridized carbons (Fsp3) is 0.200. The molecule has 2 atom stereocenters. The lowest BCUT2D eigenvalue weighted by molar-refractivity contribution is -0.147. The zero-order valence-electron chi connectivity index (χ0n) is 11.7. The van der Waals surface area contributed by atoms with Gasteiger partial charge in [-0.1, -0.05) is 0 Å². The van der Waals surface area contributed by atoms with Crippen molar-refractivity contribution in [2.24, 2.45) is 0 Å². The molecule has 3 rings (SSSR count). The van der Waals surface area contributed by atoms with Crippen molar-refractivity contribution in [1.29, 1.82) is 0 Å². The predicted octanol–water partition coefficient (Wildman–Crippen LogP) is 0.933. The number of carbonyl (C=O) groups excluding carboxylic acids is 1. The van der Waals surface area contributed by atoms with Crippen molar-refractivity contribution in [2.45, 2.75) is 12.2 Å². The van der Waals surface area contributed by atoms with Crippen molar-refractivity contribution in [3.8, 4) is 11.5 Å². The van der Waals surface area contributed by atoms with Crippen molar-refractivity contribution in [3.63, 3.8) is 0 Å². The minimum Gasteiger partial charge on any atom is -0.506 e. The lowest BCUT2D eigenvalue weighted by Gasteiger charge is -2.18. The van der Waals surface area contributed by atoms with E-state index >= 15 is 0 Å². The highest BCUT2D eigenvalue weighted by molar-refractivity contribution is 5.90. The van der Waals surface area contributed by atoms with Crippen LogP contribution in [-0.4, -0.2) is 50.2 Å². The van der Waals surface area contributed by atoms with Gasteiger partial charge in [-0.25, -0.2) is 4.79 Å². The first-order valence-corrected chi connectivity index (χ1v) is 6.69. The number of esters is 1. The van der Waals surface area contributed by atoms with E-state index < -0.39 is 29.7 Å². The summed E-state index contributed by atoms with van der Waals surface area (Å²) in [5, 5.41) is 39.0. The molecule has 2 heterocycles. The van der Waals surface area contributed by atoms with Crippen LogP contribution >= 0.6 is 0 Å². The van der Waals surface area contributed by atoms with Crippen molar-refractivity contribution >= 4 is 16.9 Å². The number of aromatic nitrogens is 1. The number of nitrogens with zero attached hydrogens (tertiary/aromatic N) is 1. The van der Waals surface area contributed by atoms with Gasteiger partial charge >= 0.3 is 5.97 Å². The Morgan fingerprint density at radius 3 is 2.74 bits per heavy atom. The summed E-state index contributed by atoms with van der Waals surface area (Å²) in [5.74, 6) is -2.42. The second kappa shape index (κ2) is 5.65. The van der Waals surface area contributed by atoms with E-state index in [1.807, 2.05) is 0 Å². The molecule has 0 amide bonds. The van der Waals surface area contributed by atoms with E-state index in [0.29, 0.717) is 16.7 Å². The van der Waals surface area contributed by atoms with Gasteiger partial charge in [0.1, 0.15) is 29.7 Å². The molecule has 1 aromatic carbocycles. The molecule has 120 valence electrons. The zero-order valence-corrected chi connectivity index (χ0v) is 11.7. The molecule has 0 radical (unpaired) electrons. The van der Waals surface area contributed by atoms with Crippen LogP contribution < -0.4 is 4.74 Å². The number of carbonyl (C=O) groups is 1. The fourth-order valence-corrected chi connectivity index (χ4v) is 2.25. The molecule has 0 saturated heterocycles. The molecule has 1 aliphatic heterocycles. The van der Waals surface area contributed by atoms with Gasteiger partial charge in [0.05, 0.1) is 0 Å². The maximum atomic E-state index is 11.1. The van der Waals surface area contributed by atoms with Gasteiger partial charge in [0.25, 0.3) is 0 Å². The third kappa shape index (κ3) is 2.59. The number of cyclic esters (lactones) is 1. The standard InChI is InChI=1S/C15H13NO7/c17-8-3-4-10(7-2-1-5-16-11(7)8)22-6-9(18)14-12(19)13(20)15(21)23-14/h1-5,9,14,17-20H,6H2/t9?,14-/m1/s1. The summed E-state index contributed by atoms with van der Waals surface area (Å²) >= 11 is 0. The first-order chi connectivity index (χ1) is 11.0. The van der Waals surface area contributed by atoms with Crippen molar-refractivity contribution in [3.05, 3.63) is 42.0 Å². The Hall–Kier alpha value is -3.00. The summed E-state index contributed by atoms with van der Waals surface area (Å²) in [7, 11) is 0. The van der Waals surface area contributed by atoms with Gasteiger partial charge in [-0.15, -0.1) is 0 Å². The van der Waals surface area contributed by atoms with Crippen molar-refractivity contribution < 1.29 is 34.7 Å². The van der Waals surface area contributed by atoms with Gasteiger partial charge < -0.3 is 29.9 Å². The third-order valence-electron chi connectivity index (χ3n) is 3.41. The monoisotopic (exact) mass is 319 g/mol. The van der Waals surface area contributed by atoms with Crippen molar-refractivity contribution in [2.75, 3.05) is 6.61 Å². The number of benzene rings is 1. The average molecular weight is 319 g/mol. The van der Waals surface area contributed by atoms with E-state index in [-0.39, 0.29) is 12.4 Å². The summed E-state index contributed by atoms with van der Waals surface area (Å²) in [5.41, 5.74) is 0.340. The number of hydrogen-bond acceptors (Lipinski definition) is 8. The molecule has 0 aliphatic carbocycles. The first kappa shape index (κ1) is 14.9. The zero-order chi connectivity index (χ0) is 16.6. The molecule has 2 aromatic rings. The highest BCUT2D eigenvalue weighted by atomic mass is 16.6. The molecule has 1 aromatic heterocycles.